The Hall–Kier alpha value is -2.93. The van der Waals surface area contributed by atoms with Crippen LogP contribution in [0.3, 0.4) is 0 Å². The number of halogens is 2. The number of hydrogen-bond acceptors (Lipinski definition) is 3. The Kier molecular flexibility index (Phi) is 5.41. The molecule has 0 aliphatic carbocycles. The monoisotopic (exact) mass is 389 g/mol. The maximum absolute atomic E-state index is 13.3. The summed E-state index contributed by atoms with van der Waals surface area (Å²) in [6.07, 6.45) is 0.0478. The van der Waals surface area contributed by atoms with Crippen LogP contribution in [0, 0.1) is 11.7 Å². The van der Waals surface area contributed by atoms with Crippen LogP contribution in [-0.2, 0) is 14.4 Å². The summed E-state index contributed by atoms with van der Waals surface area (Å²) in [5.41, 5.74) is 1.53. The first-order valence-corrected chi connectivity index (χ1v) is 8.65. The van der Waals surface area contributed by atoms with Gasteiger partial charge in [-0.15, -0.1) is 0 Å². The normalized spacial score (nSPS) is 16.3. The van der Waals surface area contributed by atoms with E-state index in [2.05, 4.69) is 10.6 Å². The number of carbonyl (C=O) groups excluding carboxylic acids is 3. The number of benzene rings is 2. The van der Waals surface area contributed by atoms with Gasteiger partial charge in [0.15, 0.2) is 0 Å². The van der Waals surface area contributed by atoms with Gasteiger partial charge >= 0.3 is 0 Å². The van der Waals surface area contributed by atoms with Gasteiger partial charge in [-0.2, -0.15) is 0 Å². The summed E-state index contributed by atoms with van der Waals surface area (Å²) in [5, 5.41) is 5.31. The Morgan fingerprint density at radius 3 is 2.52 bits per heavy atom. The SMILES string of the molecule is CC(=O)Nc1cccc(NC(=O)[C@H]2CC(=O)N(c3ccc(F)c(Cl)c3)C2)c1. The first-order valence-electron chi connectivity index (χ1n) is 8.27. The molecule has 0 spiro atoms. The van der Waals surface area contributed by atoms with E-state index in [1.54, 1.807) is 24.3 Å². The maximum Gasteiger partial charge on any atom is 0.229 e. The van der Waals surface area contributed by atoms with Gasteiger partial charge in [-0.1, -0.05) is 17.7 Å². The van der Waals surface area contributed by atoms with Crippen molar-refractivity contribution >= 4 is 46.4 Å². The van der Waals surface area contributed by atoms with E-state index in [1.807, 2.05) is 0 Å². The van der Waals surface area contributed by atoms with Crippen molar-refractivity contribution in [3.05, 3.63) is 53.3 Å². The van der Waals surface area contributed by atoms with Crippen molar-refractivity contribution in [2.45, 2.75) is 13.3 Å². The van der Waals surface area contributed by atoms with E-state index in [9.17, 15) is 18.8 Å². The van der Waals surface area contributed by atoms with E-state index in [0.29, 0.717) is 17.1 Å². The van der Waals surface area contributed by atoms with Crippen LogP contribution in [0.25, 0.3) is 0 Å². The summed E-state index contributed by atoms with van der Waals surface area (Å²) in [6, 6.07) is 10.7. The Balaban J connectivity index is 1.69. The third kappa shape index (κ3) is 4.43. The van der Waals surface area contributed by atoms with E-state index in [-0.39, 0.29) is 35.7 Å². The average Bonchev–Trinajstić information content (AvgIpc) is 2.99. The second-order valence-corrected chi connectivity index (χ2v) is 6.66. The molecule has 27 heavy (non-hydrogen) atoms. The van der Waals surface area contributed by atoms with E-state index >= 15 is 0 Å². The molecule has 3 amide bonds. The first kappa shape index (κ1) is 18.8. The topological polar surface area (TPSA) is 78.5 Å². The van der Waals surface area contributed by atoms with Crippen LogP contribution < -0.4 is 15.5 Å². The Morgan fingerprint density at radius 1 is 1.15 bits per heavy atom. The van der Waals surface area contributed by atoms with Gasteiger partial charge in [0.25, 0.3) is 0 Å². The zero-order valence-electron chi connectivity index (χ0n) is 14.5. The Labute approximate surface area is 160 Å². The predicted octanol–water partition coefficient (Wildman–Crippen LogP) is 3.43. The lowest BCUT2D eigenvalue weighted by Crippen LogP contribution is -2.28. The summed E-state index contributed by atoms with van der Waals surface area (Å²) in [7, 11) is 0. The lowest BCUT2D eigenvalue weighted by Gasteiger charge is -2.17. The van der Waals surface area contributed by atoms with Gasteiger partial charge in [-0.25, -0.2) is 4.39 Å². The van der Waals surface area contributed by atoms with Crippen LogP contribution in [0.2, 0.25) is 5.02 Å². The molecule has 6 nitrogen and oxygen atoms in total. The van der Waals surface area contributed by atoms with Crippen molar-refractivity contribution in [3.63, 3.8) is 0 Å². The summed E-state index contributed by atoms with van der Waals surface area (Å²) < 4.78 is 13.3. The molecule has 1 fully saturated rings. The third-order valence-corrected chi connectivity index (χ3v) is 4.45. The van der Waals surface area contributed by atoms with Crippen molar-refractivity contribution in [1.82, 2.24) is 0 Å². The zero-order chi connectivity index (χ0) is 19.6. The number of rotatable bonds is 4. The van der Waals surface area contributed by atoms with E-state index in [1.165, 1.54) is 30.0 Å². The Morgan fingerprint density at radius 2 is 1.85 bits per heavy atom. The summed E-state index contributed by atoms with van der Waals surface area (Å²) >= 11 is 5.77. The smallest absolute Gasteiger partial charge is 0.229 e. The Bertz CT molecular complexity index is 919. The van der Waals surface area contributed by atoms with E-state index in [0.717, 1.165) is 0 Å². The van der Waals surface area contributed by atoms with Crippen LogP contribution in [0.15, 0.2) is 42.5 Å². The fraction of sp³-hybridized carbons (Fsp3) is 0.211. The van der Waals surface area contributed by atoms with Gasteiger partial charge in [-0.05, 0) is 36.4 Å². The van der Waals surface area contributed by atoms with Gasteiger partial charge in [0.05, 0.1) is 10.9 Å². The standard InChI is InChI=1S/C19H17ClFN3O3/c1-11(25)22-13-3-2-4-14(8-13)23-19(27)12-7-18(26)24(10-12)15-5-6-17(21)16(20)9-15/h2-6,8-9,12H,7,10H2,1H3,(H,22,25)(H,23,27)/t12-/m0/s1. The van der Waals surface area contributed by atoms with Crippen molar-refractivity contribution in [1.29, 1.82) is 0 Å². The minimum absolute atomic E-state index is 0.0478. The molecule has 8 heteroatoms. The quantitative estimate of drug-likeness (QED) is 0.840. The van der Waals surface area contributed by atoms with Gasteiger partial charge in [0.2, 0.25) is 17.7 Å². The number of nitrogens with zero attached hydrogens (tertiary/aromatic N) is 1. The molecule has 0 aromatic heterocycles. The van der Waals surface area contributed by atoms with Crippen LogP contribution >= 0.6 is 11.6 Å². The van der Waals surface area contributed by atoms with Crippen molar-refractivity contribution < 1.29 is 18.8 Å². The zero-order valence-corrected chi connectivity index (χ0v) is 15.2. The molecule has 1 aliphatic rings. The molecule has 0 radical (unpaired) electrons. The molecule has 1 aliphatic heterocycles. The van der Waals surface area contributed by atoms with E-state index in [4.69, 9.17) is 11.6 Å². The summed E-state index contributed by atoms with van der Waals surface area (Å²) in [6.45, 7) is 1.57. The third-order valence-electron chi connectivity index (χ3n) is 4.16. The highest BCUT2D eigenvalue weighted by molar-refractivity contribution is 6.31. The van der Waals surface area contributed by atoms with E-state index < -0.39 is 11.7 Å². The molecule has 2 N–H and O–H groups in total. The number of hydrogen-bond donors (Lipinski definition) is 2. The molecular weight excluding hydrogens is 373 g/mol. The molecule has 1 heterocycles. The van der Waals surface area contributed by atoms with Crippen LogP contribution in [-0.4, -0.2) is 24.3 Å². The fourth-order valence-corrected chi connectivity index (χ4v) is 3.08. The van der Waals surface area contributed by atoms with Crippen LogP contribution in [0.1, 0.15) is 13.3 Å². The lowest BCUT2D eigenvalue weighted by molar-refractivity contribution is -0.122. The molecule has 2 aromatic carbocycles. The maximum atomic E-state index is 13.3. The van der Waals surface area contributed by atoms with Gasteiger partial charge in [0, 0.05) is 37.0 Å². The molecule has 3 rings (SSSR count). The summed E-state index contributed by atoms with van der Waals surface area (Å²) in [5.74, 6) is -1.87. The highest BCUT2D eigenvalue weighted by Crippen LogP contribution is 2.29. The minimum atomic E-state index is -0.569. The largest absolute Gasteiger partial charge is 0.326 e. The molecule has 0 bridgehead atoms. The molecular formula is C19H17ClFN3O3. The first-order chi connectivity index (χ1) is 12.8. The number of anilines is 3. The highest BCUT2D eigenvalue weighted by Gasteiger charge is 2.35. The van der Waals surface area contributed by atoms with Crippen LogP contribution in [0.4, 0.5) is 21.5 Å². The number of carbonyl (C=O) groups is 3. The van der Waals surface area contributed by atoms with Crippen LogP contribution in [0.5, 0.6) is 0 Å². The van der Waals surface area contributed by atoms with Crippen molar-refractivity contribution in [3.8, 4) is 0 Å². The molecule has 1 saturated heterocycles. The molecule has 0 unspecified atom stereocenters. The average molecular weight is 390 g/mol. The highest BCUT2D eigenvalue weighted by atomic mass is 35.5. The van der Waals surface area contributed by atoms with Crippen molar-refractivity contribution in [2.24, 2.45) is 5.92 Å². The molecule has 140 valence electrons. The number of amides is 3. The predicted molar refractivity (Wildman–Crippen MR) is 101 cm³/mol. The number of nitrogens with one attached hydrogen (secondary N) is 2. The second-order valence-electron chi connectivity index (χ2n) is 6.26. The fourth-order valence-electron chi connectivity index (χ4n) is 2.91. The molecule has 2 aromatic rings. The molecule has 1 atom stereocenters. The summed E-state index contributed by atoms with van der Waals surface area (Å²) in [4.78, 5) is 37.4. The van der Waals surface area contributed by atoms with Crippen molar-refractivity contribution in [2.75, 3.05) is 22.1 Å². The molecule has 0 saturated carbocycles. The minimum Gasteiger partial charge on any atom is -0.326 e. The van der Waals surface area contributed by atoms with Gasteiger partial charge < -0.3 is 15.5 Å². The lowest BCUT2D eigenvalue weighted by atomic mass is 10.1. The second kappa shape index (κ2) is 7.75. The van der Waals surface area contributed by atoms with Gasteiger partial charge in [0.1, 0.15) is 5.82 Å². The van der Waals surface area contributed by atoms with Gasteiger partial charge in [-0.3, -0.25) is 14.4 Å².